The molecule has 0 aliphatic carbocycles. The van der Waals surface area contributed by atoms with Crippen molar-refractivity contribution in [1.29, 1.82) is 0 Å². The number of hydrogen-bond donors (Lipinski definition) is 1. The smallest absolute Gasteiger partial charge is 0.231 e. The lowest BCUT2D eigenvalue weighted by atomic mass is 9.75. The van der Waals surface area contributed by atoms with Crippen LogP contribution in [0.2, 0.25) is 0 Å². The second-order valence-corrected chi connectivity index (χ2v) is 9.20. The van der Waals surface area contributed by atoms with E-state index in [1.54, 1.807) is 0 Å². The predicted molar refractivity (Wildman–Crippen MR) is 125 cm³/mol. The molecule has 0 bridgehead atoms. The van der Waals surface area contributed by atoms with Gasteiger partial charge in [-0.15, -0.1) is 0 Å². The third kappa shape index (κ3) is 3.69. The number of carbonyl (C=O) groups is 1. The Morgan fingerprint density at radius 1 is 1.16 bits per heavy atom. The molecule has 7 heteroatoms. The summed E-state index contributed by atoms with van der Waals surface area (Å²) in [5, 5.41) is 5.23. The summed E-state index contributed by atoms with van der Waals surface area (Å²) in [7, 11) is 2.02. The lowest BCUT2D eigenvalue weighted by Gasteiger charge is -2.45. The van der Waals surface area contributed by atoms with E-state index in [2.05, 4.69) is 49.9 Å². The largest absolute Gasteiger partial charge is 0.378 e. The van der Waals surface area contributed by atoms with Gasteiger partial charge in [0.05, 0.1) is 36.6 Å². The van der Waals surface area contributed by atoms with Crippen molar-refractivity contribution in [3.8, 4) is 11.3 Å². The molecule has 168 valence electrons. The van der Waals surface area contributed by atoms with Gasteiger partial charge in [0.2, 0.25) is 5.91 Å². The number of nitrogens with zero attached hydrogens (tertiary/aromatic N) is 4. The number of rotatable bonds is 5. The average Bonchev–Trinajstić information content (AvgIpc) is 3.11. The summed E-state index contributed by atoms with van der Waals surface area (Å²) in [4.78, 5) is 24.7. The second-order valence-electron chi connectivity index (χ2n) is 9.20. The molecule has 0 saturated carbocycles. The standard InChI is InChI=1S/C25H31N5O2/c1-4-25(7-9-30(10-8-25)21-15-32-16-21)24(31)28-23-12-20-11-18(5-6-19(20)13-27-23)22-14-26-17(2)29(22)3/h5-6,11-14,21H,4,7-10,15-16H2,1-3H3,(H,27,28,31). The van der Waals surface area contributed by atoms with Gasteiger partial charge in [-0.2, -0.15) is 0 Å². The van der Waals surface area contributed by atoms with E-state index in [1.165, 1.54) is 0 Å². The van der Waals surface area contributed by atoms with Crippen LogP contribution in [0.1, 0.15) is 32.0 Å². The molecule has 1 N–H and O–H groups in total. The van der Waals surface area contributed by atoms with Crippen molar-refractivity contribution >= 4 is 22.5 Å². The van der Waals surface area contributed by atoms with Gasteiger partial charge >= 0.3 is 0 Å². The van der Waals surface area contributed by atoms with Crippen LogP contribution in [0.5, 0.6) is 0 Å². The Bertz CT molecular complexity index is 1140. The van der Waals surface area contributed by atoms with E-state index < -0.39 is 0 Å². The van der Waals surface area contributed by atoms with Crippen molar-refractivity contribution in [1.82, 2.24) is 19.4 Å². The highest BCUT2D eigenvalue weighted by atomic mass is 16.5. The second kappa shape index (κ2) is 8.30. The molecule has 2 fully saturated rings. The van der Waals surface area contributed by atoms with Crippen LogP contribution < -0.4 is 5.32 Å². The van der Waals surface area contributed by atoms with Crippen LogP contribution >= 0.6 is 0 Å². The summed E-state index contributed by atoms with van der Waals surface area (Å²) in [6.07, 6.45) is 6.33. The van der Waals surface area contributed by atoms with Crippen LogP contribution in [-0.4, -0.2) is 57.7 Å². The molecule has 2 saturated heterocycles. The molecule has 2 aromatic heterocycles. The zero-order valence-electron chi connectivity index (χ0n) is 19.1. The number of anilines is 1. The summed E-state index contributed by atoms with van der Waals surface area (Å²) in [5.74, 6) is 1.68. The highest BCUT2D eigenvalue weighted by Crippen LogP contribution is 2.37. The number of pyridine rings is 1. The van der Waals surface area contributed by atoms with Gasteiger partial charge in [0.15, 0.2) is 0 Å². The fraction of sp³-hybridized carbons (Fsp3) is 0.480. The number of benzene rings is 1. The average molecular weight is 434 g/mol. The maximum absolute atomic E-state index is 13.3. The molecule has 0 radical (unpaired) electrons. The van der Waals surface area contributed by atoms with Crippen molar-refractivity contribution < 1.29 is 9.53 Å². The van der Waals surface area contributed by atoms with Crippen molar-refractivity contribution in [2.24, 2.45) is 12.5 Å². The Labute approximate surface area is 188 Å². The van der Waals surface area contributed by atoms with Gasteiger partial charge in [-0.05, 0) is 56.8 Å². The number of imidazole rings is 1. The molecule has 0 unspecified atom stereocenters. The van der Waals surface area contributed by atoms with E-state index in [0.717, 1.165) is 73.4 Å². The molecule has 0 atom stereocenters. The molecule has 2 aliphatic heterocycles. The van der Waals surface area contributed by atoms with Crippen molar-refractivity contribution in [2.45, 2.75) is 39.2 Å². The molecule has 0 spiro atoms. The number of fused-ring (bicyclic) bond motifs is 1. The van der Waals surface area contributed by atoms with Crippen LogP contribution in [0.4, 0.5) is 5.82 Å². The summed E-state index contributed by atoms with van der Waals surface area (Å²) < 4.78 is 7.42. The van der Waals surface area contributed by atoms with E-state index in [1.807, 2.05) is 32.4 Å². The molecule has 5 rings (SSSR count). The number of piperidine rings is 1. The minimum absolute atomic E-state index is 0.0924. The Morgan fingerprint density at radius 2 is 1.94 bits per heavy atom. The van der Waals surface area contributed by atoms with Crippen molar-refractivity contribution in [3.63, 3.8) is 0 Å². The van der Waals surface area contributed by atoms with E-state index >= 15 is 0 Å². The third-order valence-electron chi connectivity index (χ3n) is 7.53. The molecule has 1 amide bonds. The van der Waals surface area contributed by atoms with Crippen LogP contribution in [0, 0.1) is 12.3 Å². The fourth-order valence-corrected chi connectivity index (χ4v) is 4.88. The fourth-order valence-electron chi connectivity index (χ4n) is 4.88. The predicted octanol–water partition coefficient (Wildman–Crippen LogP) is 3.77. The zero-order chi connectivity index (χ0) is 22.3. The molecule has 1 aromatic carbocycles. The van der Waals surface area contributed by atoms with Gasteiger partial charge < -0.3 is 14.6 Å². The van der Waals surface area contributed by atoms with Crippen molar-refractivity contribution in [2.75, 3.05) is 31.6 Å². The Hall–Kier alpha value is -2.77. The molecule has 2 aliphatic rings. The van der Waals surface area contributed by atoms with E-state index in [0.29, 0.717) is 11.9 Å². The van der Waals surface area contributed by atoms with Gasteiger partial charge in [0, 0.05) is 24.2 Å². The van der Waals surface area contributed by atoms with Gasteiger partial charge in [-0.25, -0.2) is 9.97 Å². The van der Waals surface area contributed by atoms with Gasteiger partial charge in [0.25, 0.3) is 0 Å². The molecule has 4 heterocycles. The topological polar surface area (TPSA) is 72.3 Å². The van der Waals surface area contributed by atoms with Crippen LogP contribution in [0.15, 0.2) is 36.7 Å². The number of hydrogen-bond acceptors (Lipinski definition) is 5. The number of aryl methyl sites for hydroxylation is 1. The van der Waals surface area contributed by atoms with E-state index in [9.17, 15) is 4.79 Å². The van der Waals surface area contributed by atoms with Gasteiger partial charge in [-0.3, -0.25) is 9.69 Å². The zero-order valence-corrected chi connectivity index (χ0v) is 19.1. The maximum atomic E-state index is 13.3. The highest BCUT2D eigenvalue weighted by molar-refractivity contribution is 5.97. The number of nitrogens with one attached hydrogen (secondary N) is 1. The third-order valence-corrected chi connectivity index (χ3v) is 7.53. The van der Waals surface area contributed by atoms with E-state index in [4.69, 9.17) is 4.74 Å². The summed E-state index contributed by atoms with van der Waals surface area (Å²) in [6, 6.07) is 8.81. The summed E-state index contributed by atoms with van der Waals surface area (Å²) in [6.45, 7) is 7.68. The molecular formula is C25H31N5O2. The lowest BCUT2D eigenvalue weighted by Crippen LogP contribution is -2.55. The number of likely N-dealkylation sites (tertiary alicyclic amines) is 1. The van der Waals surface area contributed by atoms with Gasteiger partial charge in [0.1, 0.15) is 11.6 Å². The summed E-state index contributed by atoms with van der Waals surface area (Å²) >= 11 is 0. The monoisotopic (exact) mass is 433 g/mol. The summed E-state index contributed by atoms with van der Waals surface area (Å²) in [5.41, 5.74) is 1.84. The molecular weight excluding hydrogens is 402 g/mol. The first-order chi connectivity index (χ1) is 15.5. The first-order valence-electron chi connectivity index (χ1n) is 11.5. The Morgan fingerprint density at radius 3 is 2.56 bits per heavy atom. The Kier molecular flexibility index (Phi) is 5.47. The van der Waals surface area contributed by atoms with Crippen LogP contribution in [0.3, 0.4) is 0 Å². The number of carbonyl (C=O) groups excluding carboxylic acids is 1. The van der Waals surface area contributed by atoms with Crippen LogP contribution in [-0.2, 0) is 16.6 Å². The number of ether oxygens (including phenoxy) is 1. The van der Waals surface area contributed by atoms with Gasteiger partial charge in [-0.1, -0.05) is 19.1 Å². The molecule has 3 aromatic rings. The maximum Gasteiger partial charge on any atom is 0.231 e. The SMILES string of the molecule is CCC1(C(=O)Nc2cc3cc(-c4cnc(C)n4C)ccc3cn2)CCN(C2COC2)CC1. The van der Waals surface area contributed by atoms with E-state index in [-0.39, 0.29) is 11.3 Å². The molecule has 7 nitrogen and oxygen atoms in total. The minimum Gasteiger partial charge on any atom is -0.378 e. The number of amides is 1. The first kappa shape index (κ1) is 21.1. The van der Waals surface area contributed by atoms with Crippen molar-refractivity contribution in [3.05, 3.63) is 42.5 Å². The Balaban J connectivity index is 1.34. The highest BCUT2D eigenvalue weighted by Gasteiger charge is 2.42. The van der Waals surface area contributed by atoms with Crippen LogP contribution in [0.25, 0.3) is 22.0 Å². The first-order valence-corrected chi connectivity index (χ1v) is 11.5. The molecule has 32 heavy (non-hydrogen) atoms. The quantitative estimate of drug-likeness (QED) is 0.663. The number of aromatic nitrogens is 3. The normalized spacial score (nSPS) is 19.1. The minimum atomic E-state index is -0.328. The lowest BCUT2D eigenvalue weighted by molar-refractivity contribution is -0.132.